The van der Waals surface area contributed by atoms with Gasteiger partial charge in [-0.05, 0) is 96.3 Å². The Bertz CT molecular complexity index is 977. The van der Waals surface area contributed by atoms with Crippen molar-refractivity contribution in [1.82, 2.24) is 4.98 Å². The first-order valence-corrected chi connectivity index (χ1v) is 12.2. The quantitative estimate of drug-likeness (QED) is 0.397. The lowest BCUT2D eigenvalue weighted by atomic mass is 9.41. The van der Waals surface area contributed by atoms with E-state index in [1.54, 1.807) is 5.57 Å². The van der Waals surface area contributed by atoms with Gasteiger partial charge >= 0.3 is 5.97 Å². The maximum atomic E-state index is 11.5. The molecule has 3 heteroatoms. The first-order valence-electron chi connectivity index (χ1n) is 12.2. The van der Waals surface area contributed by atoms with Crippen molar-refractivity contribution in [3.05, 3.63) is 47.3 Å². The van der Waals surface area contributed by atoms with Crippen LogP contribution in [0, 0.1) is 35.0 Å². The average molecular weight is 420 g/mol. The number of hydrogen-bond acceptors (Lipinski definition) is 3. The van der Waals surface area contributed by atoms with Crippen LogP contribution in [0.5, 0.6) is 0 Å². The third-order valence-electron chi connectivity index (χ3n) is 9.73. The first-order chi connectivity index (χ1) is 14.7. The van der Waals surface area contributed by atoms with E-state index in [9.17, 15) is 4.79 Å². The molecule has 0 amide bonds. The zero-order valence-electron chi connectivity index (χ0n) is 19.8. The molecule has 1 heterocycles. The molecule has 0 aliphatic heterocycles. The van der Waals surface area contributed by atoms with Gasteiger partial charge in [-0.2, -0.15) is 0 Å². The van der Waals surface area contributed by atoms with Crippen molar-refractivity contribution in [2.75, 3.05) is 0 Å². The van der Waals surface area contributed by atoms with Crippen molar-refractivity contribution < 1.29 is 9.53 Å². The number of allylic oxidation sites excluding steroid dienone is 3. The number of aromatic nitrogens is 1. The predicted octanol–water partition coefficient (Wildman–Crippen LogP) is 6.67. The lowest BCUT2D eigenvalue weighted by Crippen LogP contribution is -2.55. The molecule has 31 heavy (non-hydrogen) atoms. The summed E-state index contributed by atoms with van der Waals surface area (Å²) in [6.45, 7) is 11.3. The Morgan fingerprint density at radius 2 is 1.84 bits per heavy atom. The maximum absolute atomic E-state index is 11.5. The smallest absolute Gasteiger partial charge is 0.302 e. The van der Waals surface area contributed by atoms with Crippen LogP contribution >= 0.6 is 0 Å². The predicted molar refractivity (Wildman–Crippen MR) is 124 cm³/mol. The van der Waals surface area contributed by atoms with Crippen molar-refractivity contribution in [3.8, 4) is 0 Å². The largest absolute Gasteiger partial charge is 0.462 e. The van der Waals surface area contributed by atoms with Gasteiger partial charge in [0, 0.05) is 25.7 Å². The fraction of sp³-hybridized carbons (Fsp3) is 0.643. The van der Waals surface area contributed by atoms with E-state index in [1.165, 1.54) is 42.9 Å². The molecule has 1 aromatic rings. The number of carbonyl (C=O) groups is 1. The highest BCUT2D eigenvalue weighted by atomic mass is 16.5. The topological polar surface area (TPSA) is 39.2 Å². The molecule has 0 saturated heterocycles. The number of esters is 1. The van der Waals surface area contributed by atoms with Crippen LogP contribution in [0.4, 0.5) is 0 Å². The van der Waals surface area contributed by atoms with Gasteiger partial charge in [-0.3, -0.25) is 9.78 Å². The number of ether oxygens (including phenoxy) is 1. The van der Waals surface area contributed by atoms with E-state index >= 15 is 0 Å². The molecule has 0 N–H and O–H groups in total. The molecule has 0 unspecified atom stereocenters. The first kappa shape index (κ1) is 21.0. The highest BCUT2D eigenvalue weighted by molar-refractivity contribution is 5.73. The molecule has 0 bridgehead atoms. The van der Waals surface area contributed by atoms with Gasteiger partial charge in [-0.1, -0.05) is 38.5 Å². The van der Waals surface area contributed by atoms with Crippen molar-refractivity contribution in [2.45, 2.75) is 85.7 Å². The van der Waals surface area contributed by atoms with Crippen molar-refractivity contribution in [3.63, 3.8) is 0 Å². The second kappa shape index (κ2) is 7.05. The lowest BCUT2D eigenvalue weighted by Gasteiger charge is -2.63. The lowest BCUT2D eigenvalue weighted by molar-refractivity contribution is -0.149. The Balaban J connectivity index is 1.46. The molecular formula is C28H37NO2. The molecule has 3 nitrogen and oxygen atoms in total. The molecule has 1 aromatic heterocycles. The third kappa shape index (κ3) is 3.06. The van der Waals surface area contributed by atoms with E-state index < -0.39 is 0 Å². The van der Waals surface area contributed by atoms with Crippen LogP contribution in [0.2, 0.25) is 0 Å². The van der Waals surface area contributed by atoms with E-state index in [1.807, 2.05) is 6.20 Å². The van der Waals surface area contributed by atoms with E-state index in [-0.39, 0.29) is 22.9 Å². The standard InChI is InChI=1S/C28H37NO2/c1-18-14-20(17-29-16-18)23-6-7-24-27(23,4)13-10-25-26(3)12-9-22(31-19(2)30)15-21(26)8-11-28(24,25)5/h6,8,14,16-17,22,24-25H,7,9-13,15H2,1-5H3/t22-,24+,25+,26-,27+,28-/m0/s1. The zero-order chi connectivity index (χ0) is 22.0. The second-order valence-electron chi connectivity index (χ2n) is 11.5. The molecular weight excluding hydrogens is 382 g/mol. The number of fused-ring (bicyclic) bond motifs is 5. The van der Waals surface area contributed by atoms with Gasteiger partial charge in [-0.25, -0.2) is 0 Å². The minimum Gasteiger partial charge on any atom is -0.462 e. The summed E-state index contributed by atoms with van der Waals surface area (Å²) in [6, 6.07) is 2.32. The molecule has 6 atom stereocenters. The molecule has 0 spiro atoms. The Labute approximate surface area is 187 Å². The van der Waals surface area contributed by atoms with Crippen LogP contribution in [0.25, 0.3) is 5.57 Å². The molecule has 2 saturated carbocycles. The molecule has 2 fully saturated rings. The van der Waals surface area contributed by atoms with Crippen LogP contribution in [-0.4, -0.2) is 17.1 Å². The van der Waals surface area contributed by atoms with Gasteiger partial charge in [0.25, 0.3) is 0 Å². The monoisotopic (exact) mass is 419 g/mol. The minimum atomic E-state index is -0.140. The minimum absolute atomic E-state index is 0.0728. The second-order valence-corrected chi connectivity index (χ2v) is 11.5. The highest BCUT2D eigenvalue weighted by Gasteiger charge is 2.62. The maximum Gasteiger partial charge on any atom is 0.302 e. The fourth-order valence-electron chi connectivity index (χ4n) is 8.31. The summed E-state index contributed by atoms with van der Waals surface area (Å²) < 4.78 is 5.61. The van der Waals surface area contributed by atoms with Crippen LogP contribution < -0.4 is 0 Å². The normalized spacial score (nSPS) is 41.4. The van der Waals surface area contributed by atoms with Crippen molar-refractivity contribution >= 4 is 11.5 Å². The molecule has 166 valence electrons. The van der Waals surface area contributed by atoms with Crippen LogP contribution in [0.1, 0.15) is 83.8 Å². The average Bonchev–Trinajstić information content (AvgIpc) is 3.06. The summed E-state index contributed by atoms with van der Waals surface area (Å²) in [4.78, 5) is 16.0. The Hall–Kier alpha value is -1.90. The number of nitrogens with zero attached hydrogens (tertiary/aromatic N) is 1. The van der Waals surface area contributed by atoms with Gasteiger partial charge in [0.15, 0.2) is 0 Å². The summed E-state index contributed by atoms with van der Waals surface area (Å²) in [5.74, 6) is 1.24. The van der Waals surface area contributed by atoms with Gasteiger partial charge < -0.3 is 4.74 Å². The number of carbonyl (C=O) groups excluding carboxylic acids is 1. The number of rotatable bonds is 2. The van der Waals surface area contributed by atoms with E-state index in [2.05, 4.69) is 57.1 Å². The van der Waals surface area contributed by atoms with Crippen LogP contribution in [-0.2, 0) is 9.53 Å². The molecule has 4 aliphatic carbocycles. The summed E-state index contributed by atoms with van der Waals surface area (Å²) in [5.41, 5.74) is 6.46. The fourth-order valence-corrected chi connectivity index (χ4v) is 8.31. The van der Waals surface area contributed by atoms with Crippen LogP contribution in [0.15, 0.2) is 36.2 Å². The Morgan fingerprint density at radius 1 is 1.06 bits per heavy atom. The van der Waals surface area contributed by atoms with Gasteiger partial charge in [0.2, 0.25) is 0 Å². The van der Waals surface area contributed by atoms with Crippen molar-refractivity contribution in [2.24, 2.45) is 28.1 Å². The highest BCUT2D eigenvalue weighted by Crippen LogP contribution is 2.71. The summed E-state index contributed by atoms with van der Waals surface area (Å²) in [5, 5.41) is 0. The summed E-state index contributed by atoms with van der Waals surface area (Å²) in [7, 11) is 0. The van der Waals surface area contributed by atoms with E-state index in [4.69, 9.17) is 4.74 Å². The van der Waals surface area contributed by atoms with Gasteiger partial charge in [0.05, 0.1) is 0 Å². The van der Waals surface area contributed by atoms with Gasteiger partial charge in [0.1, 0.15) is 6.10 Å². The molecule has 0 aromatic carbocycles. The Kier molecular flexibility index (Phi) is 4.77. The summed E-state index contributed by atoms with van der Waals surface area (Å²) >= 11 is 0. The zero-order valence-corrected chi connectivity index (χ0v) is 19.8. The summed E-state index contributed by atoms with van der Waals surface area (Å²) in [6.07, 6.45) is 17.1. The third-order valence-corrected chi connectivity index (χ3v) is 9.73. The number of pyridine rings is 1. The van der Waals surface area contributed by atoms with Crippen LogP contribution in [0.3, 0.4) is 0 Å². The van der Waals surface area contributed by atoms with Crippen molar-refractivity contribution in [1.29, 1.82) is 0 Å². The molecule has 4 aliphatic rings. The number of aryl methyl sites for hydroxylation is 1. The Morgan fingerprint density at radius 3 is 2.58 bits per heavy atom. The SMILES string of the molecule is CC(=O)O[C@H]1CC[C@@]2(C)C(=CC[C@]3(C)[C@@H]2CC[C@]2(C)C(c4cncc(C)c4)=CC[C@@H]32)C1. The van der Waals surface area contributed by atoms with E-state index in [0.717, 1.165) is 25.7 Å². The number of hydrogen-bond donors (Lipinski definition) is 0. The van der Waals surface area contributed by atoms with E-state index in [0.29, 0.717) is 17.3 Å². The molecule has 0 radical (unpaired) electrons. The molecule has 5 rings (SSSR count). The van der Waals surface area contributed by atoms with Gasteiger partial charge in [-0.15, -0.1) is 0 Å².